The van der Waals surface area contributed by atoms with E-state index < -0.39 is 11.7 Å². The van der Waals surface area contributed by atoms with Crippen LogP contribution in [0.25, 0.3) is 0 Å². The highest BCUT2D eigenvalue weighted by Crippen LogP contribution is 2.56. The van der Waals surface area contributed by atoms with Gasteiger partial charge in [0.05, 0.1) is 0 Å². The molecule has 0 radical (unpaired) electrons. The summed E-state index contributed by atoms with van der Waals surface area (Å²) in [6, 6.07) is 16.3. The Balaban J connectivity index is 1.81. The lowest BCUT2D eigenvalue weighted by Crippen LogP contribution is -2.27. The first-order valence-corrected chi connectivity index (χ1v) is 6.16. The number of carbonyl (C=O) groups is 2. The van der Waals surface area contributed by atoms with Crippen molar-refractivity contribution in [1.82, 2.24) is 0 Å². The van der Waals surface area contributed by atoms with E-state index in [-0.39, 0.29) is 11.6 Å². The summed E-state index contributed by atoms with van der Waals surface area (Å²) in [7, 11) is 0. The van der Waals surface area contributed by atoms with Crippen molar-refractivity contribution in [3.8, 4) is 0 Å². The number of rotatable bonds is 1. The van der Waals surface area contributed by atoms with Crippen molar-refractivity contribution in [3.05, 3.63) is 71.3 Å². The SMILES string of the molecule is O=C1c2ccccc2C(=O)C12O[C@@H]2c1ccccc1. The van der Waals surface area contributed by atoms with E-state index in [1.54, 1.807) is 24.3 Å². The number of ether oxygens (including phenoxy) is 1. The molecule has 19 heavy (non-hydrogen) atoms. The fourth-order valence-electron chi connectivity index (χ4n) is 2.81. The Morgan fingerprint density at radius 2 is 1.32 bits per heavy atom. The third-order valence-corrected chi connectivity index (χ3v) is 3.81. The number of ketones is 2. The molecule has 2 aromatic carbocycles. The summed E-state index contributed by atoms with van der Waals surface area (Å²) in [5, 5.41) is 0. The molecule has 92 valence electrons. The average molecular weight is 250 g/mol. The maximum atomic E-state index is 12.4. The largest absolute Gasteiger partial charge is 0.344 e. The first-order valence-electron chi connectivity index (χ1n) is 6.16. The lowest BCUT2D eigenvalue weighted by molar-refractivity contribution is 0.0785. The van der Waals surface area contributed by atoms with Crippen molar-refractivity contribution in [3.63, 3.8) is 0 Å². The van der Waals surface area contributed by atoms with Crippen molar-refractivity contribution < 1.29 is 14.3 Å². The highest BCUT2D eigenvalue weighted by Gasteiger charge is 2.71. The number of hydrogen-bond donors (Lipinski definition) is 0. The van der Waals surface area contributed by atoms with Crippen LogP contribution in [0.1, 0.15) is 32.4 Å². The van der Waals surface area contributed by atoms with Crippen LogP contribution in [-0.2, 0) is 4.74 Å². The van der Waals surface area contributed by atoms with Crippen LogP contribution in [0.15, 0.2) is 54.6 Å². The van der Waals surface area contributed by atoms with Crippen LogP contribution in [0, 0.1) is 0 Å². The number of fused-ring (bicyclic) bond motifs is 1. The van der Waals surface area contributed by atoms with Gasteiger partial charge in [0.1, 0.15) is 6.10 Å². The van der Waals surface area contributed by atoms with Gasteiger partial charge in [-0.1, -0.05) is 54.6 Å². The van der Waals surface area contributed by atoms with Crippen LogP contribution in [0.2, 0.25) is 0 Å². The van der Waals surface area contributed by atoms with Gasteiger partial charge in [-0.15, -0.1) is 0 Å². The Hall–Kier alpha value is -2.26. The second kappa shape index (κ2) is 3.39. The molecule has 3 nitrogen and oxygen atoms in total. The van der Waals surface area contributed by atoms with Crippen LogP contribution < -0.4 is 0 Å². The molecule has 2 aliphatic rings. The Labute approximate surface area is 109 Å². The fraction of sp³-hybridized carbons (Fsp3) is 0.125. The number of epoxide rings is 1. The van der Waals surface area contributed by atoms with E-state index in [4.69, 9.17) is 4.74 Å². The normalized spacial score (nSPS) is 22.6. The first-order chi connectivity index (χ1) is 9.25. The second-order valence-electron chi connectivity index (χ2n) is 4.85. The van der Waals surface area contributed by atoms with E-state index in [1.165, 1.54) is 0 Å². The zero-order valence-electron chi connectivity index (χ0n) is 10.00. The van der Waals surface area contributed by atoms with Gasteiger partial charge in [-0.25, -0.2) is 0 Å². The third kappa shape index (κ3) is 1.20. The minimum absolute atomic E-state index is 0.207. The number of Topliss-reactive ketones (excluding diaryl/α,β-unsaturated/α-hetero) is 2. The Morgan fingerprint density at radius 1 is 0.789 bits per heavy atom. The van der Waals surface area contributed by atoms with Gasteiger partial charge in [-0.3, -0.25) is 9.59 Å². The van der Waals surface area contributed by atoms with Gasteiger partial charge in [-0.2, -0.15) is 0 Å². The minimum Gasteiger partial charge on any atom is -0.344 e. The van der Waals surface area contributed by atoms with E-state index in [2.05, 4.69) is 0 Å². The highest BCUT2D eigenvalue weighted by atomic mass is 16.6. The quantitative estimate of drug-likeness (QED) is 0.577. The summed E-state index contributed by atoms with van der Waals surface area (Å²) in [5.74, 6) is -0.413. The van der Waals surface area contributed by atoms with Gasteiger partial charge in [0.15, 0.2) is 0 Å². The summed E-state index contributed by atoms with van der Waals surface area (Å²) < 4.78 is 5.56. The Bertz CT molecular complexity index is 668. The summed E-state index contributed by atoms with van der Waals surface area (Å²) in [6.07, 6.45) is -0.443. The molecule has 0 amide bonds. The van der Waals surface area contributed by atoms with Crippen LogP contribution in [-0.4, -0.2) is 17.2 Å². The van der Waals surface area contributed by atoms with Crippen LogP contribution in [0.5, 0.6) is 0 Å². The van der Waals surface area contributed by atoms with E-state index in [0.717, 1.165) is 5.56 Å². The molecule has 1 aliphatic heterocycles. The summed E-state index contributed by atoms with van der Waals surface area (Å²) in [5.41, 5.74) is 0.541. The summed E-state index contributed by atoms with van der Waals surface area (Å²) in [6.45, 7) is 0. The molecule has 4 rings (SSSR count). The number of hydrogen-bond acceptors (Lipinski definition) is 3. The smallest absolute Gasteiger partial charge is 0.224 e. The van der Waals surface area contributed by atoms with E-state index in [0.29, 0.717) is 11.1 Å². The van der Waals surface area contributed by atoms with Crippen LogP contribution in [0.3, 0.4) is 0 Å². The highest BCUT2D eigenvalue weighted by molar-refractivity contribution is 6.34. The van der Waals surface area contributed by atoms with Gasteiger partial charge < -0.3 is 4.74 Å². The molecule has 0 unspecified atom stereocenters. The van der Waals surface area contributed by atoms with E-state index in [1.807, 2.05) is 30.3 Å². The van der Waals surface area contributed by atoms with E-state index >= 15 is 0 Å². The Morgan fingerprint density at radius 3 is 1.89 bits per heavy atom. The first kappa shape index (κ1) is 10.6. The molecule has 1 atom stereocenters. The predicted molar refractivity (Wildman–Crippen MR) is 68.1 cm³/mol. The van der Waals surface area contributed by atoms with Crippen molar-refractivity contribution in [2.45, 2.75) is 11.7 Å². The molecule has 0 N–H and O–H groups in total. The van der Waals surface area contributed by atoms with Crippen molar-refractivity contribution in [1.29, 1.82) is 0 Å². The molecule has 1 saturated heterocycles. The monoisotopic (exact) mass is 250 g/mol. The Kier molecular flexibility index (Phi) is 1.90. The maximum Gasteiger partial charge on any atom is 0.224 e. The van der Waals surface area contributed by atoms with Crippen molar-refractivity contribution in [2.24, 2.45) is 0 Å². The van der Waals surface area contributed by atoms with Crippen molar-refractivity contribution in [2.75, 3.05) is 0 Å². The molecule has 2 aromatic rings. The zero-order valence-corrected chi connectivity index (χ0v) is 10.00. The predicted octanol–water partition coefficient (Wildman–Crippen LogP) is 2.58. The zero-order chi connectivity index (χ0) is 13.0. The molecule has 1 fully saturated rings. The topological polar surface area (TPSA) is 46.7 Å². The molecule has 3 heteroatoms. The second-order valence-corrected chi connectivity index (χ2v) is 4.85. The summed E-state index contributed by atoms with van der Waals surface area (Å²) in [4.78, 5) is 24.9. The average Bonchev–Trinajstić information content (AvgIpc) is 3.19. The lowest BCUT2D eigenvalue weighted by atomic mass is 9.95. The standard InChI is InChI=1S/C16H10O3/c17-13-11-8-4-5-9-12(11)14(18)16(13)15(19-16)10-6-2-1-3-7-10/h1-9,15H/t15-/m1/s1. The van der Waals surface area contributed by atoms with Crippen LogP contribution in [0.4, 0.5) is 0 Å². The van der Waals surface area contributed by atoms with E-state index in [9.17, 15) is 9.59 Å². The van der Waals surface area contributed by atoms with Crippen molar-refractivity contribution >= 4 is 11.6 Å². The molecule has 1 aliphatic carbocycles. The van der Waals surface area contributed by atoms with Gasteiger partial charge in [0.2, 0.25) is 17.2 Å². The fourth-order valence-corrected chi connectivity index (χ4v) is 2.81. The molecule has 0 bridgehead atoms. The van der Waals surface area contributed by atoms with Gasteiger partial charge in [0.25, 0.3) is 0 Å². The van der Waals surface area contributed by atoms with Gasteiger partial charge in [-0.05, 0) is 5.56 Å². The molecular formula is C16H10O3. The van der Waals surface area contributed by atoms with Gasteiger partial charge >= 0.3 is 0 Å². The molecular weight excluding hydrogens is 240 g/mol. The maximum absolute atomic E-state index is 12.4. The molecule has 1 heterocycles. The number of carbonyl (C=O) groups excluding carboxylic acids is 2. The third-order valence-electron chi connectivity index (χ3n) is 3.81. The van der Waals surface area contributed by atoms with Gasteiger partial charge in [0, 0.05) is 11.1 Å². The lowest BCUT2D eigenvalue weighted by Gasteiger charge is -1.99. The molecule has 0 aromatic heterocycles. The summed E-state index contributed by atoms with van der Waals surface area (Å²) >= 11 is 0. The molecule has 1 spiro atoms. The minimum atomic E-state index is -1.29. The molecule has 0 saturated carbocycles. The van der Waals surface area contributed by atoms with Crippen LogP contribution >= 0.6 is 0 Å². The number of benzene rings is 2.